The van der Waals surface area contributed by atoms with E-state index in [9.17, 15) is 20.2 Å². The molecule has 0 aliphatic carbocycles. The molecule has 0 atom stereocenters. The van der Waals surface area contributed by atoms with Crippen LogP contribution in [0.25, 0.3) is 6.08 Å². The van der Waals surface area contributed by atoms with Crippen LogP contribution in [0.2, 0.25) is 0 Å². The van der Waals surface area contributed by atoms with Crippen molar-refractivity contribution in [2.24, 2.45) is 0 Å². The van der Waals surface area contributed by atoms with Crippen molar-refractivity contribution in [1.82, 2.24) is 4.90 Å². The van der Waals surface area contributed by atoms with Crippen molar-refractivity contribution < 1.29 is 9.85 Å². The Morgan fingerprint density at radius 1 is 1.14 bits per heavy atom. The molecule has 0 saturated carbocycles. The summed E-state index contributed by atoms with van der Waals surface area (Å²) in [6.45, 7) is 1.99. The van der Waals surface area contributed by atoms with Gasteiger partial charge in [-0.2, -0.15) is 0 Å². The van der Waals surface area contributed by atoms with Gasteiger partial charge in [-0.15, -0.1) is 0 Å². The van der Waals surface area contributed by atoms with Crippen molar-refractivity contribution in [2.75, 3.05) is 14.1 Å². The monoisotopic (exact) mass is 293 g/mol. The first-order valence-corrected chi connectivity index (χ1v) is 6.67. The van der Waals surface area contributed by atoms with Crippen molar-refractivity contribution >= 4 is 17.5 Å². The van der Waals surface area contributed by atoms with Crippen LogP contribution < -0.4 is 0 Å². The zero-order valence-corrected chi connectivity index (χ0v) is 12.4. The van der Waals surface area contributed by atoms with Crippen molar-refractivity contribution in [2.45, 2.75) is 26.2 Å². The van der Waals surface area contributed by atoms with Crippen molar-refractivity contribution in [1.29, 1.82) is 0 Å². The first-order chi connectivity index (χ1) is 9.86. The largest absolute Gasteiger partial charge is 0.383 e. The highest BCUT2D eigenvalue weighted by Gasteiger charge is 2.22. The minimum atomic E-state index is -0.591. The molecule has 0 aliphatic rings. The lowest BCUT2D eigenvalue weighted by molar-refractivity contribution is -0.394. The highest BCUT2D eigenvalue weighted by atomic mass is 16.6. The maximum absolute atomic E-state index is 11.1. The molecule has 0 spiro atoms. The van der Waals surface area contributed by atoms with Crippen LogP contribution in [0, 0.1) is 20.2 Å². The first-order valence-electron chi connectivity index (χ1n) is 6.67. The zero-order chi connectivity index (χ0) is 16.0. The second kappa shape index (κ2) is 7.37. The third-order valence-electron chi connectivity index (χ3n) is 2.97. The maximum atomic E-state index is 11.1. The lowest BCUT2D eigenvalue weighted by Crippen LogP contribution is -2.02. The molecule has 0 amide bonds. The van der Waals surface area contributed by atoms with Gasteiger partial charge in [0, 0.05) is 19.7 Å². The fraction of sp³-hybridized carbons (Fsp3) is 0.429. The van der Waals surface area contributed by atoms with Crippen molar-refractivity contribution in [3.8, 4) is 0 Å². The van der Waals surface area contributed by atoms with Crippen LogP contribution in [0.5, 0.6) is 0 Å². The lowest BCUT2D eigenvalue weighted by Gasteiger charge is -2.07. The number of hydrogen-bond acceptors (Lipinski definition) is 5. The van der Waals surface area contributed by atoms with Gasteiger partial charge < -0.3 is 4.90 Å². The van der Waals surface area contributed by atoms with E-state index in [4.69, 9.17) is 0 Å². The van der Waals surface area contributed by atoms with E-state index >= 15 is 0 Å². The van der Waals surface area contributed by atoms with Gasteiger partial charge in [-0.3, -0.25) is 20.2 Å². The number of nitro groups is 2. The Balaban J connectivity index is 3.39. The predicted octanol–water partition coefficient (Wildman–Crippen LogP) is 3.38. The summed E-state index contributed by atoms with van der Waals surface area (Å²) in [7, 11) is 3.59. The smallest absolute Gasteiger partial charge is 0.283 e. The molecule has 21 heavy (non-hydrogen) atoms. The normalized spacial score (nSPS) is 10.8. The minimum Gasteiger partial charge on any atom is -0.383 e. The number of aryl methyl sites for hydroxylation is 1. The van der Waals surface area contributed by atoms with Crippen LogP contribution in [0.15, 0.2) is 18.3 Å². The van der Waals surface area contributed by atoms with Gasteiger partial charge >= 0.3 is 0 Å². The molecule has 1 aromatic rings. The molecule has 0 saturated heterocycles. The molecular weight excluding hydrogens is 274 g/mol. The molecule has 7 heteroatoms. The Labute approximate surface area is 123 Å². The summed E-state index contributed by atoms with van der Waals surface area (Å²) in [5, 5.41) is 22.2. The molecule has 0 fully saturated rings. The van der Waals surface area contributed by atoms with Crippen LogP contribution >= 0.6 is 0 Å². The Morgan fingerprint density at radius 3 is 2.24 bits per heavy atom. The van der Waals surface area contributed by atoms with Crippen LogP contribution in [-0.4, -0.2) is 28.8 Å². The Kier molecular flexibility index (Phi) is 5.83. The molecule has 0 unspecified atom stereocenters. The molecule has 0 aliphatic heterocycles. The van der Waals surface area contributed by atoms with Gasteiger partial charge in [0.1, 0.15) is 0 Å². The number of benzene rings is 1. The Morgan fingerprint density at radius 2 is 1.76 bits per heavy atom. The van der Waals surface area contributed by atoms with Gasteiger partial charge in [0.25, 0.3) is 11.4 Å². The van der Waals surface area contributed by atoms with Gasteiger partial charge in [-0.05, 0) is 31.2 Å². The molecule has 7 nitrogen and oxygen atoms in total. The summed E-state index contributed by atoms with van der Waals surface area (Å²) >= 11 is 0. The van der Waals surface area contributed by atoms with Crippen molar-refractivity contribution in [3.63, 3.8) is 0 Å². The molecule has 0 aromatic heterocycles. The molecule has 1 aromatic carbocycles. The average molecular weight is 293 g/mol. The SMILES string of the molecule is CCCCc1cc(/C=C/N(C)C)c([N+](=O)[O-])cc1[N+](=O)[O-]. The predicted molar refractivity (Wildman–Crippen MR) is 81.1 cm³/mol. The van der Waals surface area contributed by atoms with E-state index in [1.807, 2.05) is 6.92 Å². The maximum Gasteiger partial charge on any atom is 0.283 e. The molecule has 0 radical (unpaired) electrons. The summed E-state index contributed by atoms with van der Waals surface area (Å²) in [4.78, 5) is 22.8. The molecular formula is C14H19N3O4. The summed E-state index contributed by atoms with van der Waals surface area (Å²) in [5.74, 6) is 0. The highest BCUT2D eigenvalue weighted by Crippen LogP contribution is 2.31. The summed E-state index contributed by atoms with van der Waals surface area (Å²) < 4.78 is 0. The van der Waals surface area contributed by atoms with E-state index in [2.05, 4.69) is 0 Å². The standard InChI is InChI=1S/C14H19N3O4/c1-4-5-6-11-9-12(7-8-15(2)3)14(17(20)21)10-13(11)16(18)19/h7-10H,4-6H2,1-3H3/b8-7+. The third-order valence-corrected chi connectivity index (χ3v) is 2.97. The fourth-order valence-electron chi connectivity index (χ4n) is 1.90. The first kappa shape index (κ1) is 16.6. The molecule has 0 bridgehead atoms. The van der Waals surface area contributed by atoms with E-state index < -0.39 is 9.85 Å². The van der Waals surface area contributed by atoms with E-state index in [-0.39, 0.29) is 11.4 Å². The number of rotatable bonds is 7. The fourth-order valence-corrected chi connectivity index (χ4v) is 1.90. The summed E-state index contributed by atoms with van der Waals surface area (Å²) in [5.41, 5.74) is 0.480. The molecule has 114 valence electrons. The second-order valence-corrected chi connectivity index (χ2v) is 4.94. The van der Waals surface area contributed by atoms with Crippen LogP contribution in [0.4, 0.5) is 11.4 Å². The summed E-state index contributed by atoms with van der Waals surface area (Å²) in [6, 6.07) is 2.60. The van der Waals surface area contributed by atoms with E-state index in [0.717, 1.165) is 18.9 Å². The number of hydrogen-bond donors (Lipinski definition) is 0. The van der Waals surface area contributed by atoms with Gasteiger partial charge in [0.2, 0.25) is 0 Å². The molecule has 0 heterocycles. The van der Waals surface area contributed by atoms with Gasteiger partial charge in [-0.25, -0.2) is 0 Å². The third kappa shape index (κ3) is 4.55. The Bertz CT molecular complexity index is 568. The quantitative estimate of drug-likeness (QED) is 0.568. The zero-order valence-electron chi connectivity index (χ0n) is 12.4. The van der Waals surface area contributed by atoms with E-state index in [1.165, 1.54) is 0 Å². The summed E-state index contributed by atoms with van der Waals surface area (Å²) in [6.07, 6.45) is 5.51. The van der Waals surface area contributed by atoms with Crippen LogP contribution in [-0.2, 0) is 6.42 Å². The van der Waals surface area contributed by atoms with Crippen LogP contribution in [0.3, 0.4) is 0 Å². The van der Waals surface area contributed by atoms with Crippen LogP contribution in [0.1, 0.15) is 30.9 Å². The van der Waals surface area contributed by atoms with Gasteiger partial charge in [0.15, 0.2) is 0 Å². The average Bonchev–Trinajstić information content (AvgIpc) is 2.41. The topological polar surface area (TPSA) is 89.5 Å². The number of nitrogens with zero attached hydrogens (tertiary/aromatic N) is 3. The second-order valence-electron chi connectivity index (χ2n) is 4.94. The highest BCUT2D eigenvalue weighted by molar-refractivity contribution is 5.66. The Hall–Kier alpha value is -2.44. The van der Waals surface area contributed by atoms with E-state index in [1.54, 1.807) is 37.3 Å². The number of unbranched alkanes of at least 4 members (excludes halogenated alkanes) is 1. The minimum absolute atomic E-state index is 0.183. The van der Waals surface area contributed by atoms with Gasteiger partial charge in [-0.1, -0.05) is 13.3 Å². The van der Waals surface area contributed by atoms with Gasteiger partial charge in [0.05, 0.1) is 21.5 Å². The molecule has 0 N–H and O–H groups in total. The van der Waals surface area contributed by atoms with E-state index in [0.29, 0.717) is 17.5 Å². The number of nitro benzene ring substituents is 2. The lowest BCUT2D eigenvalue weighted by atomic mass is 10.0. The molecule has 1 rings (SSSR count). The van der Waals surface area contributed by atoms with Crippen molar-refractivity contribution in [3.05, 3.63) is 49.7 Å².